The number of likely N-dealkylation sites (N-methyl/N-ethyl adjacent to an activating group) is 1. The first-order chi connectivity index (χ1) is 7.72. The van der Waals surface area contributed by atoms with E-state index in [9.17, 15) is 4.79 Å². The normalized spacial score (nSPS) is 19.9. The number of aliphatic carboxylic acids is 1. The first-order valence-electron chi connectivity index (χ1n) is 5.45. The molecule has 0 radical (unpaired) electrons. The van der Waals surface area contributed by atoms with Gasteiger partial charge >= 0.3 is 5.97 Å². The van der Waals surface area contributed by atoms with E-state index in [0.29, 0.717) is 6.42 Å². The van der Waals surface area contributed by atoms with E-state index in [4.69, 9.17) is 5.11 Å². The van der Waals surface area contributed by atoms with E-state index in [0.717, 1.165) is 12.2 Å². The molecule has 1 aromatic carbocycles. The van der Waals surface area contributed by atoms with Gasteiger partial charge in [-0.3, -0.25) is 4.79 Å². The molecule has 4 nitrogen and oxygen atoms in total. The number of carboxylic acids is 1. The van der Waals surface area contributed by atoms with Gasteiger partial charge in [0.2, 0.25) is 0 Å². The van der Waals surface area contributed by atoms with Gasteiger partial charge < -0.3 is 15.7 Å². The molecule has 1 heterocycles. The van der Waals surface area contributed by atoms with Crippen LogP contribution in [0.1, 0.15) is 17.9 Å². The van der Waals surface area contributed by atoms with Crippen molar-refractivity contribution in [1.82, 2.24) is 5.32 Å². The molecule has 4 heteroatoms. The molecule has 1 aliphatic rings. The molecule has 0 amide bonds. The molecule has 3 N–H and O–H groups in total. The molecule has 86 valence electrons. The fourth-order valence-electron chi connectivity index (χ4n) is 2.19. The van der Waals surface area contributed by atoms with E-state index >= 15 is 0 Å². The number of carboxylic acid groups (broad SMARTS) is 1. The Hall–Kier alpha value is -1.55. The number of nitrogens with one attached hydrogen (secondary N) is 2. The highest BCUT2D eigenvalue weighted by Crippen LogP contribution is 2.33. The van der Waals surface area contributed by atoms with E-state index in [1.165, 1.54) is 5.56 Å². The van der Waals surface area contributed by atoms with Crippen LogP contribution in [-0.2, 0) is 4.79 Å². The predicted octanol–water partition coefficient (Wildman–Crippen LogP) is 1.26. The van der Waals surface area contributed by atoms with E-state index in [2.05, 4.69) is 16.7 Å². The quantitative estimate of drug-likeness (QED) is 0.715. The maximum Gasteiger partial charge on any atom is 0.320 e. The van der Waals surface area contributed by atoms with Crippen LogP contribution in [0, 0.1) is 0 Å². The fraction of sp³-hybridized carbons (Fsp3) is 0.417. The summed E-state index contributed by atoms with van der Waals surface area (Å²) in [4.78, 5) is 10.9. The molecule has 1 aromatic rings. The van der Waals surface area contributed by atoms with Gasteiger partial charge in [0.05, 0.1) is 0 Å². The SMILES string of the molecule is CNC(CC1CNc2ccccc21)C(=O)O. The van der Waals surface area contributed by atoms with Crippen molar-refractivity contribution in [3.05, 3.63) is 29.8 Å². The lowest BCUT2D eigenvalue weighted by molar-refractivity contribution is -0.139. The summed E-state index contributed by atoms with van der Waals surface area (Å²) in [6.07, 6.45) is 0.621. The topological polar surface area (TPSA) is 61.4 Å². The smallest absolute Gasteiger partial charge is 0.320 e. The minimum atomic E-state index is -0.785. The summed E-state index contributed by atoms with van der Waals surface area (Å²) in [7, 11) is 1.69. The first-order valence-corrected chi connectivity index (χ1v) is 5.45. The van der Waals surface area contributed by atoms with E-state index in [1.54, 1.807) is 7.05 Å². The third kappa shape index (κ3) is 2.02. The van der Waals surface area contributed by atoms with Crippen molar-refractivity contribution in [1.29, 1.82) is 0 Å². The third-order valence-electron chi connectivity index (χ3n) is 3.11. The number of carbonyl (C=O) groups is 1. The first kappa shape index (κ1) is 11.0. The van der Waals surface area contributed by atoms with Crippen LogP contribution in [0.5, 0.6) is 0 Å². The molecule has 2 rings (SSSR count). The van der Waals surface area contributed by atoms with Crippen LogP contribution in [0.2, 0.25) is 0 Å². The molecule has 16 heavy (non-hydrogen) atoms. The van der Waals surface area contributed by atoms with Crippen LogP contribution in [0.4, 0.5) is 5.69 Å². The highest BCUT2D eigenvalue weighted by Gasteiger charge is 2.27. The maximum atomic E-state index is 10.9. The average Bonchev–Trinajstić information content (AvgIpc) is 2.69. The van der Waals surface area contributed by atoms with Gasteiger partial charge in [-0.15, -0.1) is 0 Å². The second-order valence-electron chi connectivity index (χ2n) is 4.08. The Balaban J connectivity index is 2.11. The van der Waals surface area contributed by atoms with E-state index in [1.807, 2.05) is 18.2 Å². The van der Waals surface area contributed by atoms with Crippen molar-refractivity contribution < 1.29 is 9.90 Å². The number of para-hydroxylation sites is 1. The molecule has 2 atom stereocenters. The Bertz CT molecular complexity index is 392. The number of hydrogen-bond acceptors (Lipinski definition) is 3. The Labute approximate surface area is 94.7 Å². The van der Waals surface area contributed by atoms with Crippen molar-refractivity contribution in [3.63, 3.8) is 0 Å². The molecule has 0 aromatic heterocycles. The zero-order valence-corrected chi connectivity index (χ0v) is 9.23. The van der Waals surface area contributed by atoms with Crippen molar-refractivity contribution in [2.45, 2.75) is 18.4 Å². The summed E-state index contributed by atoms with van der Waals surface area (Å²) < 4.78 is 0. The monoisotopic (exact) mass is 220 g/mol. The Morgan fingerprint density at radius 3 is 3.06 bits per heavy atom. The molecule has 0 aliphatic carbocycles. The van der Waals surface area contributed by atoms with Crippen molar-refractivity contribution in [2.75, 3.05) is 18.9 Å². The lowest BCUT2D eigenvalue weighted by atomic mass is 9.94. The zero-order valence-electron chi connectivity index (χ0n) is 9.23. The van der Waals surface area contributed by atoms with Gasteiger partial charge in [-0.05, 0) is 25.1 Å². The third-order valence-corrected chi connectivity index (χ3v) is 3.11. The van der Waals surface area contributed by atoms with Crippen LogP contribution in [-0.4, -0.2) is 30.7 Å². The average molecular weight is 220 g/mol. The molecule has 2 unspecified atom stereocenters. The van der Waals surface area contributed by atoms with Crippen molar-refractivity contribution in [2.24, 2.45) is 0 Å². The Morgan fingerprint density at radius 2 is 2.38 bits per heavy atom. The summed E-state index contributed by atoms with van der Waals surface area (Å²) in [5.74, 6) is -0.503. The van der Waals surface area contributed by atoms with Gasteiger partial charge in [0.25, 0.3) is 0 Å². The number of hydrogen-bond donors (Lipinski definition) is 3. The lowest BCUT2D eigenvalue weighted by Gasteiger charge is -2.16. The molecule has 0 bridgehead atoms. The molecule has 0 saturated carbocycles. The standard InChI is InChI=1S/C12H16N2O2/c1-13-11(12(15)16)6-8-7-14-10-5-3-2-4-9(8)10/h2-5,8,11,13-14H,6-7H2,1H3,(H,15,16). The summed E-state index contributed by atoms with van der Waals surface area (Å²) in [6, 6.07) is 7.60. The zero-order chi connectivity index (χ0) is 11.5. The number of anilines is 1. The summed E-state index contributed by atoms with van der Waals surface area (Å²) in [5.41, 5.74) is 2.36. The Morgan fingerprint density at radius 1 is 1.62 bits per heavy atom. The van der Waals surface area contributed by atoms with Gasteiger partial charge in [-0.2, -0.15) is 0 Å². The van der Waals surface area contributed by atoms with Gasteiger partial charge in [-0.1, -0.05) is 18.2 Å². The van der Waals surface area contributed by atoms with Crippen LogP contribution in [0.15, 0.2) is 24.3 Å². The van der Waals surface area contributed by atoms with E-state index < -0.39 is 12.0 Å². The predicted molar refractivity (Wildman–Crippen MR) is 62.8 cm³/mol. The molecule has 0 fully saturated rings. The fourth-order valence-corrected chi connectivity index (χ4v) is 2.19. The highest BCUT2D eigenvalue weighted by molar-refractivity contribution is 5.73. The van der Waals surface area contributed by atoms with Gasteiger partial charge in [0, 0.05) is 18.2 Å². The van der Waals surface area contributed by atoms with Crippen LogP contribution in [0.25, 0.3) is 0 Å². The second kappa shape index (κ2) is 4.53. The van der Waals surface area contributed by atoms with Crippen molar-refractivity contribution >= 4 is 11.7 Å². The Kier molecular flexibility index (Phi) is 3.10. The number of rotatable bonds is 4. The van der Waals surface area contributed by atoms with Gasteiger partial charge in [-0.25, -0.2) is 0 Å². The lowest BCUT2D eigenvalue weighted by Crippen LogP contribution is -2.35. The molecule has 0 saturated heterocycles. The molecular formula is C12H16N2O2. The summed E-state index contributed by atoms with van der Waals surface area (Å²) in [6.45, 7) is 0.824. The number of fused-ring (bicyclic) bond motifs is 1. The maximum absolute atomic E-state index is 10.9. The minimum Gasteiger partial charge on any atom is -0.480 e. The van der Waals surface area contributed by atoms with Gasteiger partial charge in [0.15, 0.2) is 0 Å². The van der Waals surface area contributed by atoms with Crippen LogP contribution in [0.3, 0.4) is 0 Å². The second-order valence-corrected chi connectivity index (χ2v) is 4.08. The van der Waals surface area contributed by atoms with Crippen LogP contribution < -0.4 is 10.6 Å². The largest absolute Gasteiger partial charge is 0.480 e. The summed E-state index contributed by atoms with van der Waals surface area (Å²) in [5, 5.41) is 15.1. The molecule has 0 spiro atoms. The molecular weight excluding hydrogens is 204 g/mol. The van der Waals surface area contributed by atoms with Crippen LogP contribution >= 0.6 is 0 Å². The number of benzene rings is 1. The van der Waals surface area contributed by atoms with E-state index in [-0.39, 0.29) is 5.92 Å². The van der Waals surface area contributed by atoms with Gasteiger partial charge in [0.1, 0.15) is 6.04 Å². The highest BCUT2D eigenvalue weighted by atomic mass is 16.4. The summed E-state index contributed by atoms with van der Waals surface area (Å²) >= 11 is 0. The molecule has 1 aliphatic heterocycles. The minimum absolute atomic E-state index is 0.282. The van der Waals surface area contributed by atoms with Crippen molar-refractivity contribution in [3.8, 4) is 0 Å².